The van der Waals surface area contributed by atoms with E-state index in [0.717, 1.165) is 49.5 Å². The highest BCUT2D eigenvalue weighted by Gasteiger charge is 2.13. The molecule has 1 N–H and O–H groups in total. The van der Waals surface area contributed by atoms with Crippen LogP contribution >= 0.6 is 0 Å². The minimum atomic E-state index is 0.760. The molecular weight excluding hydrogens is 238 g/mol. The van der Waals surface area contributed by atoms with E-state index in [1.54, 1.807) is 0 Å². The average molecular weight is 261 g/mol. The summed E-state index contributed by atoms with van der Waals surface area (Å²) in [5.41, 5.74) is 2.27. The van der Waals surface area contributed by atoms with Gasteiger partial charge < -0.3 is 14.5 Å². The fraction of sp³-hybridized carbons (Fsp3) is 0.500. The molecule has 3 heteroatoms. The van der Waals surface area contributed by atoms with Gasteiger partial charge in [-0.1, -0.05) is 20.3 Å². The Labute approximate surface area is 114 Å². The number of nitrogens with one attached hydrogen (secondary N) is 1. The molecule has 2 rings (SSSR count). The van der Waals surface area contributed by atoms with E-state index in [1.165, 1.54) is 10.9 Å². The first-order chi connectivity index (χ1) is 9.30. The number of aryl methyl sites for hydroxylation is 1. The van der Waals surface area contributed by atoms with Gasteiger partial charge in [0.2, 0.25) is 0 Å². The zero-order valence-corrected chi connectivity index (χ0v) is 12.1. The molecule has 0 fully saturated rings. The van der Waals surface area contributed by atoms with Crippen molar-refractivity contribution < 1.29 is 9.15 Å². The van der Waals surface area contributed by atoms with Gasteiger partial charge in [0.1, 0.15) is 17.1 Å². The van der Waals surface area contributed by atoms with Gasteiger partial charge in [0.15, 0.2) is 0 Å². The molecule has 1 heterocycles. The molecule has 1 aromatic heterocycles. The van der Waals surface area contributed by atoms with Crippen molar-refractivity contribution in [3.8, 4) is 5.75 Å². The monoisotopic (exact) mass is 261 g/mol. The number of hydrogen-bond acceptors (Lipinski definition) is 3. The minimum Gasteiger partial charge on any atom is -0.494 e. The summed E-state index contributed by atoms with van der Waals surface area (Å²) in [5.74, 6) is 1.98. The fourth-order valence-electron chi connectivity index (χ4n) is 2.32. The van der Waals surface area contributed by atoms with Gasteiger partial charge >= 0.3 is 0 Å². The molecule has 19 heavy (non-hydrogen) atoms. The Balaban J connectivity index is 2.40. The van der Waals surface area contributed by atoms with Gasteiger partial charge in [-0.05, 0) is 38.1 Å². The highest BCUT2D eigenvalue weighted by Crippen LogP contribution is 2.30. The Hall–Kier alpha value is -1.48. The quantitative estimate of drug-likeness (QED) is 0.821. The summed E-state index contributed by atoms with van der Waals surface area (Å²) < 4.78 is 11.6. The van der Waals surface area contributed by atoms with Crippen molar-refractivity contribution in [2.45, 2.75) is 39.7 Å². The van der Waals surface area contributed by atoms with Crippen molar-refractivity contribution >= 4 is 11.0 Å². The van der Waals surface area contributed by atoms with E-state index in [1.807, 2.05) is 19.2 Å². The van der Waals surface area contributed by atoms with E-state index < -0.39 is 0 Å². The lowest BCUT2D eigenvalue weighted by molar-refractivity contribution is 0.318. The molecule has 0 atom stereocenters. The van der Waals surface area contributed by atoms with Gasteiger partial charge in [-0.15, -0.1) is 0 Å². The van der Waals surface area contributed by atoms with E-state index >= 15 is 0 Å². The standard InChI is InChI=1S/C16H23NO2/c1-4-6-13-14-10-12(18-9-5-2)7-8-15(14)19-16(13)11-17-3/h7-8,10,17H,4-6,9,11H2,1-3H3. The molecule has 0 amide bonds. The first-order valence-electron chi connectivity index (χ1n) is 7.11. The lowest BCUT2D eigenvalue weighted by Crippen LogP contribution is -2.06. The fourth-order valence-corrected chi connectivity index (χ4v) is 2.32. The first kappa shape index (κ1) is 13.9. The predicted octanol–water partition coefficient (Wildman–Crippen LogP) is 3.89. The van der Waals surface area contributed by atoms with Gasteiger partial charge in [0.05, 0.1) is 13.2 Å². The maximum Gasteiger partial charge on any atom is 0.134 e. The highest BCUT2D eigenvalue weighted by molar-refractivity contribution is 5.83. The minimum absolute atomic E-state index is 0.760. The van der Waals surface area contributed by atoms with Crippen molar-refractivity contribution in [3.63, 3.8) is 0 Å². The molecule has 0 radical (unpaired) electrons. The van der Waals surface area contributed by atoms with Gasteiger partial charge in [-0.25, -0.2) is 0 Å². The van der Waals surface area contributed by atoms with Gasteiger partial charge in [-0.3, -0.25) is 0 Å². The average Bonchev–Trinajstić information content (AvgIpc) is 2.75. The van der Waals surface area contributed by atoms with Crippen LogP contribution < -0.4 is 10.1 Å². The Bertz CT molecular complexity index is 531. The molecule has 104 valence electrons. The van der Waals surface area contributed by atoms with Crippen LogP contribution in [0, 0.1) is 0 Å². The predicted molar refractivity (Wildman–Crippen MR) is 78.8 cm³/mol. The van der Waals surface area contributed by atoms with Crippen LogP contribution in [0.4, 0.5) is 0 Å². The van der Waals surface area contributed by atoms with Crippen LogP contribution in [-0.4, -0.2) is 13.7 Å². The normalized spacial score (nSPS) is 11.1. The number of rotatable bonds is 7. The van der Waals surface area contributed by atoms with Crippen molar-refractivity contribution in [2.75, 3.05) is 13.7 Å². The maximum atomic E-state index is 5.93. The third kappa shape index (κ3) is 3.10. The lowest BCUT2D eigenvalue weighted by atomic mass is 10.1. The van der Waals surface area contributed by atoms with Gasteiger partial charge in [0.25, 0.3) is 0 Å². The Morgan fingerprint density at radius 2 is 2.05 bits per heavy atom. The van der Waals surface area contributed by atoms with Crippen LogP contribution in [0.2, 0.25) is 0 Å². The van der Waals surface area contributed by atoms with Crippen LogP contribution in [0.25, 0.3) is 11.0 Å². The van der Waals surface area contributed by atoms with E-state index in [0.29, 0.717) is 0 Å². The van der Waals surface area contributed by atoms with Crippen LogP contribution in [0.3, 0.4) is 0 Å². The van der Waals surface area contributed by atoms with Crippen molar-refractivity contribution in [2.24, 2.45) is 0 Å². The third-order valence-electron chi connectivity index (χ3n) is 3.16. The number of ether oxygens (including phenoxy) is 1. The SMILES string of the molecule is CCCOc1ccc2oc(CNC)c(CCC)c2c1. The number of furan rings is 1. The molecular formula is C16H23NO2. The number of benzene rings is 1. The Morgan fingerprint density at radius 3 is 2.74 bits per heavy atom. The largest absolute Gasteiger partial charge is 0.494 e. The van der Waals surface area contributed by atoms with Crippen LogP contribution in [0.5, 0.6) is 5.75 Å². The molecule has 0 spiro atoms. The van der Waals surface area contributed by atoms with Crippen molar-refractivity contribution in [3.05, 3.63) is 29.5 Å². The molecule has 0 bridgehead atoms. The molecule has 0 saturated heterocycles. The molecule has 0 unspecified atom stereocenters. The summed E-state index contributed by atoms with van der Waals surface area (Å²) in [7, 11) is 1.94. The summed E-state index contributed by atoms with van der Waals surface area (Å²) in [6, 6.07) is 6.11. The number of fused-ring (bicyclic) bond motifs is 1. The summed E-state index contributed by atoms with van der Waals surface area (Å²) >= 11 is 0. The van der Waals surface area contributed by atoms with Gasteiger partial charge in [0, 0.05) is 10.9 Å². The molecule has 0 saturated carbocycles. The molecule has 0 aliphatic heterocycles. The van der Waals surface area contributed by atoms with Crippen LogP contribution in [0.15, 0.2) is 22.6 Å². The van der Waals surface area contributed by atoms with Crippen LogP contribution in [0.1, 0.15) is 38.0 Å². The van der Waals surface area contributed by atoms with E-state index in [-0.39, 0.29) is 0 Å². The van der Waals surface area contributed by atoms with Crippen molar-refractivity contribution in [1.82, 2.24) is 5.32 Å². The lowest BCUT2D eigenvalue weighted by Gasteiger charge is -2.04. The highest BCUT2D eigenvalue weighted by atomic mass is 16.5. The summed E-state index contributed by atoms with van der Waals surface area (Å²) in [5, 5.41) is 4.36. The zero-order valence-electron chi connectivity index (χ0n) is 12.1. The number of hydrogen-bond donors (Lipinski definition) is 1. The van der Waals surface area contributed by atoms with E-state index in [9.17, 15) is 0 Å². The van der Waals surface area contributed by atoms with E-state index in [4.69, 9.17) is 9.15 Å². The van der Waals surface area contributed by atoms with Crippen molar-refractivity contribution in [1.29, 1.82) is 0 Å². The maximum absolute atomic E-state index is 5.93. The topological polar surface area (TPSA) is 34.4 Å². The Morgan fingerprint density at radius 1 is 1.21 bits per heavy atom. The summed E-state index contributed by atoms with van der Waals surface area (Å²) in [4.78, 5) is 0. The summed E-state index contributed by atoms with van der Waals surface area (Å²) in [6.45, 7) is 5.84. The molecule has 3 nitrogen and oxygen atoms in total. The van der Waals surface area contributed by atoms with Crippen LogP contribution in [-0.2, 0) is 13.0 Å². The first-order valence-corrected chi connectivity index (χ1v) is 7.11. The second-order valence-electron chi connectivity index (χ2n) is 4.79. The molecule has 0 aliphatic carbocycles. The molecule has 0 aliphatic rings. The Kier molecular flexibility index (Phi) is 4.86. The summed E-state index contributed by atoms with van der Waals surface area (Å²) in [6.07, 6.45) is 3.18. The van der Waals surface area contributed by atoms with Gasteiger partial charge in [-0.2, -0.15) is 0 Å². The van der Waals surface area contributed by atoms with E-state index in [2.05, 4.69) is 25.2 Å². The smallest absolute Gasteiger partial charge is 0.134 e. The molecule has 1 aromatic carbocycles. The second-order valence-corrected chi connectivity index (χ2v) is 4.79. The molecule has 2 aromatic rings. The zero-order chi connectivity index (χ0) is 13.7. The second kappa shape index (κ2) is 6.62. The third-order valence-corrected chi connectivity index (χ3v) is 3.16.